The lowest BCUT2D eigenvalue weighted by molar-refractivity contribution is 1.31. The molecule has 0 unspecified atom stereocenters. The quantitative estimate of drug-likeness (QED) is 0.737. The highest BCUT2D eigenvalue weighted by atomic mass is 35.5. The standard InChI is InChI=1S/C13H10ClN/c1-2-10-6-7-13(15-9-10)11-4-3-5-12(14)8-11/h2-9H,1H2. The molecule has 0 saturated heterocycles. The fourth-order valence-corrected chi connectivity index (χ4v) is 1.53. The number of nitrogens with zero attached hydrogens (tertiary/aromatic N) is 1. The van der Waals surface area contributed by atoms with Gasteiger partial charge in [-0.05, 0) is 23.8 Å². The molecule has 74 valence electrons. The summed E-state index contributed by atoms with van der Waals surface area (Å²) in [6, 6.07) is 11.6. The molecule has 2 aromatic rings. The molecule has 0 amide bonds. The van der Waals surface area contributed by atoms with E-state index in [4.69, 9.17) is 11.6 Å². The highest BCUT2D eigenvalue weighted by Crippen LogP contribution is 2.20. The first-order chi connectivity index (χ1) is 7.29. The van der Waals surface area contributed by atoms with E-state index in [-0.39, 0.29) is 0 Å². The van der Waals surface area contributed by atoms with Crippen molar-refractivity contribution in [3.8, 4) is 11.3 Å². The lowest BCUT2D eigenvalue weighted by Gasteiger charge is -2.01. The molecule has 15 heavy (non-hydrogen) atoms. The topological polar surface area (TPSA) is 12.9 Å². The van der Waals surface area contributed by atoms with Crippen molar-refractivity contribution in [1.29, 1.82) is 0 Å². The number of hydrogen-bond acceptors (Lipinski definition) is 1. The van der Waals surface area contributed by atoms with Crippen LogP contribution in [0.1, 0.15) is 5.56 Å². The van der Waals surface area contributed by atoms with Crippen LogP contribution in [0.5, 0.6) is 0 Å². The van der Waals surface area contributed by atoms with Crippen molar-refractivity contribution in [2.24, 2.45) is 0 Å². The van der Waals surface area contributed by atoms with Crippen molar-refractivity contribution in [3.63, 3.8) is 0 Å². The van der Waals surface area contributed by atoms with Crippen LogP contribution in [-0.2, 0) is 0 Å². The third-order valence-corrected chi connectivity index (χ3v) is 2.38. The molecule has 1 aromatic heterocycles. The Balaban J connectivity index is 2.41. The molecule has 0 bridgehead atoms. The highest BCUT2D eigenvalue weighted by molar-refractivity contribution is 6.30. The summed E-state index contributed by atoms with van der Waals surface area (Å²) in [6.45, 7) is 3.69. The lowest BCUT2D eigenvalue weighted by Crippen LogP contribution is -1.83. The minimum absolute atomic E-state index is 0.724. The summed E-state index contributed by atoms with van der Waals surface area (Å²) < 4.78 is 0. The summed E-state index contributed by atoms with van der Waals surface area (Å²) in [5.41, 5.74) is 2.96. The summed E-state index contributed by atoms with van der Waals surface area (Å²) in [5, 5.41) is 0.724. The Hall–Kier alpha value is -1.60. The van der Waals surface area contributed by atoms with Crippen LogP contribution in [0.3, 0.4) is 0 Å². The van der Waals surface area contributed by atoms with Gasteiger partial charge in [0.25, 0.3) is 0 Å². The summed E-state index contributed by atoms with van der Waals surface area (Å²) in [5.74, 6) is 0. The SMILES string of the molecule is C=Cc1ccc(-c2cccc(Cl)c2)nc1. The van der Waals surface area contributed by atoms with Gasteiger partial charge in [0.05, 0.1) is 5.69 Å². The van der Waals surface area contributed by atoms with Crippen LogP contribution in [0.15, 0.2) is 49.2 Å². The molecular weight excluding hydrogens is 206 g/mol. The van der Waals surface area contributed by atoms with Gasteiger partial charge in [0, 0.05) is 16.8 Å². The second-order valence-electron chi connectivity index (χ2n) is 3.19. The predicted octanol–water partition coefficient (Wildman–Crippen LogP) is 4.05. The molecule has 0 aliphatic carbocycles. The maximum absolute atomic E-state index is 5.91. The van der Waals surface area contributed by atoms with Gasteiger partial charge in [-0.3, -0.25) is 4.98 Å². The van der Waals surface area contributed by atoms with Crippen molar-refractivity contribution in [1.82, 2.24) is 4.98 Å². The van der Waals surface area contributed by atoms with E-state index in [9.17, 15) is 0 Å². The second kappa shape index (κ2) is 4.28. The van der Waals surface area contributed by atoms with Crippen LogP contribution in [0.25, 0.3) is 17.3 Å². The second-order valence-corrected chi connectivity index (χ2v) is 3.63. The van der Waals surface area contributed by atoms with Crippen molar-refractivity contribution < 1.29 is 0 Å². The van der Waals surface area contributed by atoms with E-state index in [1.165, 1.54) is 0 Å². The number of pyridine rings is 1. The molecule has 0 N–H and O–H groups in total. The van der Waals surface area contributed by atoms with Gasteiger partial charge in [-0.25, -0.2) is 0 Å². The van der Waals surface area contributed by atoms with Gasteiger partial charge in [-0.15, -0.1) is 0 Å². The highest BCUT2D eigenvalue weighted by Gasteiger charge is 1.98. The average Bonchev–Trinajstić information content (AvgIpc) is 2.29. The van der Waals surface area contributed by atoms with E-state index in [1.54, 1.807) is 12.3 Å². The predicted molar refractivity (Wildman–Crippen MR) is 64.8 cm³/mol. The average molecular weight is 216 g/mol. The molecule has 1 nitrogen and oxygen atoms in total. The minimum atomic E-state index is 0.724. The Labute approximate surface area is 94.1 Å². The molecule has 1 heterocycles. The van der Waals surface area contributed by atoms with Gasteiger partial charge in [-0.2, -0.15) is 0 Å². The lowest BCUT2D eigenvalue weighted by atomic mass is 10.1. The van der Waals surface area contributed by atoms with Crippen LogP contribution >= 0.6 is 11.6 Å². The van der Waals surface area contributed by atoms with Crippen LogP contribution in [0, 0.1) is 0 Å². The van der Waals surface area contributed by atoms with E-state index in [2.05, 4.69) is 11.6 Å². The Morgan fingerprint density at radius 2 is 2.07 bits per heavy atom. The first-order valence-corrected chi connectivity index (χ1v) is 5.02. The summed E-state index contributed by atoms with van der Waals surface area (Å²) in [7, 11) is 0. The molecule has 0 spiro atoms. The van der Waals surface area contributed by atoms with Gasteiger partial charge < -0.3 is 0 Å². The number of hydrogen-bond donors (Lipinski definition) is 0. The van der Waals surface area contributed by atoms with Gasteiger partial charge in [0.1, 0.15) is 0 Å². The Bertz CT molecular complexity index is 474. The van der Waals surface area contributed by atoms with E-state index in [0.29, 0.717) is 0 Å². The third kappa shape index (κ3) is 2.25. The fraction of sp³-hybridized carbons (Fsp3) is 0. The van der Waals surface area contributed by atoms with Gasteiger partial charge >= 0.3 is 0 Å². The first-order valence-electron chi connectivity index (χ1n) is 4.64. The molecule has 1 aromatic carbocycles. The summed E-state index contributed by atoms with van der Waals surface area (Å²) in [4.78, 5) is 4.33. The monoisotopic (exact) mass is 215 g/mol. The van der Waals surface area contributed by atoms with Gasteiger partial charge in [-0.1, -0.05) is 42.5 Å². The third-order valence-electron chi connectivity index (χ3n) is 2.14. The number of aromatic nitrogens is 1. The van der Waals surface area contributed by atoms with Crippen molar-refractivity contribution in [3.05, 3.63) is 59.8 Å². The van der Waals surface area contributed by atoms with Crippen molar-refractivity contribution in [2.45, 2.75) is 0 Å². The maximum atomic E-state index is 5.91. The number of benzene rings is 1. The Morgan fingerprint density at radius 3 is 2.67 bits per heavy atom. The Morgan fingerprint density at radius 1 is 1.20 bits per heavy atom. The molecule has 2 rings (SSSR count). The first kappa shape index (κ1) is 9.94. The van der Waals surface area contributed by atoms with Crippen LogP contribution in [0.2, 0.25) is 5.02 Å². The number of halogens is 1. The van der Waals surface area contributed by atoms with E-state index in [1.807, 2.05) is 36.4 Å². The molecule has 2 heteroatoms. The zero-order valence-electron chi connectivity index (χ0n) is 8.15. The van der Waals surface area contributed by atoms with Crippen molar-refractivity contribution in [2.75, 3.05) is 0 Å². The number of rotatable bonds is 2. The van der Waals surface area contributed by atoms with E-state index >= 15 is 0 Å². The summed E-state index contributed by atoms with van der Waals surface area (Å²) >= 11 is 5.91. The van der Waals surface area contributed by atoms with Crippen LogP contribution < -0.4 is 0 Å². The molecule has 0 aliphatic heterocycles. The van der Waals surface area contributed by atoms with E-state index in [0.717, 1.165) is 21.8 Å². The Kier molecular flexibility index (Phi) is 2.84. The van der Waals surface area contributed by atoms with Crippen LogP contribution in [-0.4, -0.2) is 4.98 Å². The van der Waals surface area contributed by atoms with Gasteiger partial charge in [0.2, 0.25) is 0 Å². The van der Waals surface area contributed by atoms with E-state index < -0.39 is 0 Å². The molecule has 0 fully saturated rings. The smallest absolute Gasteiger partial charge is 0.0702 e. The van der Waals surface area contributed by atoms with Crippen LogP contribution in [0.4, 0.5) is 0 Å². The largest absolute Gasteiger partial charge is 0.256 e. The molecule has 0 aliphatic rings. The molecular formula is C13H10ClN. The molecule has 0 saturated carbocycles. The molecule has 0 radical (unpaired) electrons. The fourth-order valence-electron chi connectivity index (χ4n) is 1.34. The molecule has 0 atom stereocenters. The maximum Gasteiger partial charge on any atom is 0.0702 e. The normalized spacial score (nSPS) is 9.93. The zero-order valence-corrected chi connectivity index (χ0v) is 8.91. The minimum Gasteiger partial charge on any atom is -0.256 e. The summed E-state index contributed by atoms with van der Waals surface area (Å²) in [6.07, 6.45) is 3.57. The zero-order chi connectivity index (χ0) is 10.7. The van der Waals surface area contributed by atoms with Crippen molar-refractivity contribution >= 4 is 17.7 Å². The van der Waals surface area contributed by atoms with Gasteiger partial charge in [0.15, 0.2) is 0 Å².